The van der Waals surface area contributed by atoms with Crippen LogP contribution in [0.2, 0.25) is 0 Å². The first-order valence-corrected chi connectivity index (χ1v) is 12.4. The molecule has 3 amide bonds. The van der Waals surface area contributed by atoms with Crippen molar-refractivity contribution >= 4 is 50.0 Å². The average Bonchev–Trinajstić information content (AvgIpc) is 3.48. The normalized spacial score (nSPS) is 21.4. The zero-order valence-electron chi connectivity index (χ0n) is 19.5. The number of nitrogens with zero attached hydrogens (tertiary/aromatic N) is 2. The second-order valence-corrected chi connectivity index (χ2v) is 9.78. The van der Waals surface area contributed by atoms with E-state index in [0.717, 1.165) is 4.70 Å². The zero-order valence-corrected chi connectivity index (χ0v) is 20.3. The van der Waals surface area contributed by atoms with Gasteiger partial charge in [0.05, 0.1) is 18.0 Å². The van der Waals surface area contributed by atoms with Crippen LogP contribution in [-0.4, -0.2) is 63.5 Å². The van der Waals surface area contributed by atoms with Gasteiger partial charge in [0, 0.05) is 35.3 Å². The van der Waals surface area contributed by atoms with E-state index in [1.807, 2.05) is 24.3 Å². The third-order valence-electron chi connectivity index (χ3n) is 6.56. The van der Waals surface area contributed by atoms with Crippen molar-refractivity contribution in [1.29, 1.82) is 0 Å². The molecule has 2 unspecified atom stereocenters. The molecular formula is C24H26N6O5S. The van der Waals surface area contributed by atoms with Gasteiger partial charge in [-0.1, -0.05) is 18.2 Å². The number of urea groups is 1. The van der Waals surface area contributed by atoms with E-state index in [0.29, 0.717) is 35.5 Å². The van der Waals surface area contributed by atoms with Crippen LogP contribution in [0, 0.1) is 5.92 Å². The summed E-state index contributed by atoms with van der Waals surface area (Å²) in [6.07, 6.45) is 0.295. The Morgan fingerprint density at radius 2 is 1.97 bits per heavy atom. The van der Waals surface area contributed by atoms with Gasteiger partial charge in [-0.2, -0.15) is 0 Å². The Labute approximate surface area is 210 Å². The molecule has 1 spiro atoms. The molecule has 2 aliphatic heterocycles. The van der Waals surface area contributed by atoms with Gasteiger partial charge in [-0.05, 0) is 26.0 Å². The molecule has 4 heterocycles. The number of fused-ring (bicyclic) bond motifs is 1. The molecular weight excluding hydrogens is 484 g/mol. The quantitative estimate of drug-likeness (QED) is 0.279. The number of nitrogens with one attached hydrogen (secondary N) is 4. The smallest absolute Gasteiger partial charge is 0.319 e. The highest BCUT2D eigenvalue weighted by atomic mass is 32.1. The van der Waals surface area contributed by atoms with Crippen LogP contribution >= 0.6 is 11.3 Å². The van der Waals surface area contributed by atoms with Crippen molar-refractivity contribution in [3.8, 4) is 11.8 Å². The van der Waals surface area contributed by atoms with Crippen LogP contribution in [0.1, 0.15) is 23.7 Å². The van der Waals surface area contributed by atoms with Crippen molar-refractivity contribution in [2.45, 2.75) is 25.4 Å². The van der Waals surface area contributed by atoms with Gasteiger partial charge in [0.15, 0.2) is 23.1 Å². The molecule has 1 saturated heterocycles. The number of rotatable bonds is 6. The van der Waals surface area contributed by atoms with Crippen molar-refractivity contribution < 1.29 is 24.6 Å². The molecule has 5 rings (SSSR count). The van der Waals surface area contributed by atoms with Gasteiger partial charge < -0.3 is 26.2 Å². The standard InChI is InChI=1S/C24H26N6O5S/c1-2-26-23(35)28-21-19(13-5-3-4-6-15(13)36-21)20(33)14-11-25-10-9-24(14)22(34)27-16(29-24)12-30-17(31)7-8-18(30)32/h3-8,14,25,31-32H,2,9-12H2,1H3,(H2,26,28,35)(H,27,29,34). The monoisotopic (exact) mass is 510 g/mol. The van der Waals surface area contributed by atoms with Crippen LogP contribution in [0.15, 0.2) is 41.4 Å². The van der Waals surface area contributed by atoms with Crippen LogP contribution in [-0.2, 0) is 11.3 Å². The average molecular weight is 511 g/mol. The van der Waals surface area contributed by atoms with E-state index in [9.17, 15) is 24.6 Å². The highest BCUT2D eigenvalue weighted by Gasteiger charge is 2.54. The molecule has 36 heavy (non-hydrogen) atoms. The fourth-order valence-electron chi connectivity index (χ4n) is 4.84. The fraction of sp³-hybridized carbons (Fsp3) is 0.333. The number of carbonyl (C=O) groups excluding carboxylic acids is 3. The van der Waals surface area contributed by atoms with E-state index in [-0.39, 0.29) is 36.5 Å². The lowest BCUT2D eigenvalue weighted by Crippen LogP contribution is -2.57. The van der Waals surface area contributed by atoms with Crippen molar-refractivity contribution in [1.82, 2.24) is 20.5 Å². The summed E-state index contributed by atoms with van der Waals surface area (Å²) in [5, 5.41) is 32.5. The van der Waals surface area contributed by atoms with Gasteiger partial charge in [0.25, 0.3) is 5.91 Å². The lowest BCUT2D eigenvalue weighted by atomic mass is 9.74. The summed E-state index contributed by atoms with van der Waals surface area (Å²) < 4.78 is 2.04. The molecule has 0 aliphatic carbocycles. The van der Waals surface area contributed by atoms with Gasteiger partial charge in [-0.25, -0.2) is 4.79 Å². The number of hydrogen-bond acceptors (Lipinski definition) is 8. The Bertz CT molecular complexity index is 1380. The van der Waals surface area contributed by atoms with Crippen LogP contribution in [0.25, 0.3) is 10.1 Å². The number of carbonyl (C=O) groups is 3. The Kier molecular flexibility index (Phi) is 6.14. The molecule has 11 nitrogen and oxygen atoms in total. The summed E-state index contributed by atoms with van der Waals surface area (Å²) in [5.41, 5.74) is -0.991. The third-order valence-corrected chi connectivity index (χ3v) is 7.64. The maximum absolute atomic E-state index is 14.1. The van der Waals surface area contributed by atoms with Crippen LogP contribution < -0.4 is 21.3 Å². The molecule has 12 heteroatoms. The summed E-state index contributed by atoms with van der Waals surface area (Å²) in [4.78, 5) is 44.5. The minimum atomic E-state index is -1.35. The number of Topliss-reactive ketones (excluding diaryl/α,β-unsaturated/α-hetero) is 1. The van der Waals surface area contributed by atoms with Crippen molar-refractivity contribution in [2.24, 2.45) is 10.9 Å². The predicted molar refractivity (Wildman–Crippen MR) is 136 cm³/mol. The Morgan fingerprint density at radius 1 is 1.22 bits per heavy atom. The number of thiophene rings is 1. The number of anilines is 1. The number of aromatic nitrogens is 1. The summed E-state index contributed by atoms with van der Waals surface area (Å²) in [5.74, 6) is -1.62. The number of aromatic hydroxyl groups is 2. The molecule has 1 aromatic carbocycles. The number of aliphatic imine (C=N–C) groups is 1. The minimum absolute atomic E-state index is 0.0577. The Balaban J connectivity index is 1.54. The number of piperidine rings is 1. The molecule has 2 aliphatic rings. The summed E-state index contributed by atoms with van der Waals surface area (Å²) in [6, 6.07) is 9.65. The second-order valence-electron chi connectivity index (χ2n) is 8.73. The zero-order chi connectivity index (χ0) is 25.4. The Morgan fingerprint density at radius 3 is 2.72 bits per heavy atom. The third kappa shape index (κ3) is 3.97. The maximum Gasteiger partial charge on any atom is 0.319 e. The molecule has 0 bridgehead atoms. The number of amides is 3. The highest BCUT2D eigenvalue weighted by Crippen LogP contribution is 2.41. The first-order valence-electron chi connectivity index (χ1n) is 11.6. The van der Waals surface area contributed by atoms with Gasteiger partial charge in [0.2, 0.25) is 0 Å². The van der Waals surface area contributed by atoms with Crippen molar-refractivity contribution in [2.75, 3.05) is 25.0 Å². The lowest BCUT2D eigenvalue weighted by Gasteiger charge is -2.36. The summed E-state index contributed by atoms with van der Waals surface area (Å²) >= 11 is 1.30. The first-order chi connectivity index (χ1) is 17.3. The van der Waals surface area contributed by atoms with Gasteiger partial charge in [0.1, 0.15) is 10.8 Å². The number of amidine groups is 1. The first kappa shape index (κ1) is 23.8. The predicted octanol–water partition coefficient (Wildman–Crippen LogP) is 2.01. The van der Waals surface area contributed by atoms with Crippen LogP contribution in [0.4, 0.5) is 9.80 Å². The Hall–Kier alpha value is -3.90. The largest absolute Gasteiger partial charge is 0.494 e. The second kappa shape index (κ2) is 9.28. The van der Waals surface area contributed by atoms with Gasteiger partial charge >= 0.3 is 6.03 Å². The van der Waals surface area contributed by atoms with E-state index >= 15 is 0 Å². The lowest BCUT2D eigenvalue weighted by molar-refractivity contribution is -0.125. The molecule has 2 atom stereocenters. The molecule has 3 aromatic rings. The number of ketones is 1. The van der Waals surface area contributed by atoms with Gasteiger partial charge in [-0.15, -0.1) is 11.3 Å². The van der Waals surface area contributed by atoms with E-state index in [4.69, 9.17) is 0 Å². The van der Waals surface area contributed by atoms with E-state index in [2.05, 4.69) is 26.3 Å². The maximum atomic E-state index is 14.1. The fourth-order valence-corrected chi connectivity index (χ4v) is 5.94. The summed E-state index contributed by atoms with van der Waals surface area (Å²) in [7, 11) is 0. The van der Waals surface area contributed by atoms with Crippen molar-refractivity contribution in [3.05, 3.63) is 42.0 Å². The highest BCUT2D eigenvalue weighted by molar-refractivity contribution is 7.23. The molecule has 6 N–H and O–H groups in total. The van der Waals surface area contributed by atoms with E-state index in [1.165, 1.54) is 28.0 Å². The number of hydrogen-bond donors (Lipinski definition) is 6. The van der Waals surface area contributed by atoms with Crippen LogP contribution in [0.3, 0.4) is 0 Å². The van der Waals surface area contributed by atoms with Crippen molar-refractivity contribution in [3.63, 3.8) is 0 Å². The number of benzene rings is 1. The topological polar surface area (TPSA) is 157 Å². The minimum Gasteiger partial charge on any atom is -0.494 e. The molecule has 1 fully saturated rings. The van der Waals surface area contributed by atoms with E-state index in [1.54, 1.807) is 6.92 Å². The SMILES string of the molecule is CCNC(=O)Nc1sc2ccccc2c1C(=O)C1CNCCC12N=C(Cn1c(O)ccc1O)NC2=O. The molecule has 188 valence electrons. The van der Waals surface area contributed by atoms with Gasteiger partial charge in [-0.3, -0.25) is 24.5 Å². The molecule has 0 radical (unpaired) electrons. The summed E-state index contributed by atoms with van der Waals surface area (Å²) in [6.45, 7) is 2.89. The van der Waals surface area contributed by atoms with Crippen LogP contribution in [0.5, 0.6) is 11.8 Å². The molecule has 2 aromatic heterocycles. The molecule has 0 saturated carbocycles. The van der Waals surface area contributed by atoms with E-state index < -0.39 is 23.4 Å².